The van der Waals surface area contributed by atoms with Crippen LogP contribution in [-0.2, 0) is 6.42 Å². The molecule has 0 aliphatic heterocycles. The molecule has 0 fully saturated rings. The van der Waals surface area contributed by atoms with Crippen molar-refractivity contribution < 1.29 is 9.26 Å². The van der Waals surface area contributed by atoms with Gasteiger partial charge >= 0.3 is 0 Å². The summed E-state index contributed by atoms with van der Waals surface area (Å²) in [5, 5.41) is 6.05. The smallest absolute Gasteiger partial charge is 0.276 e. The number of H-pyrrole nitrogens is 1. The van der Waals surface area contributed by atoms with Crippen molar-refractivity contribution in [3.63, 3.8) is 0 Å². The number of hydrogen-bond acceptors (Lipinski definition) is 5. The van der Waals surface area contributed by atoms with Gasteiger partial charge in [0.05, 0.1) is 22.6 Å². The molecule has 0 aliphatic carbocycles. The topological polar surface area (TPSA) is 76.8 Å². The molecule has 0 saturated carbocycles. The molecule has 0 unspecified atom stereocenters. The maximum atomic E-state index is 6.19. The van der Waals surface area contributed by atoms with Gasteiger partial charge in [-0.05, 0) is 36.8 Å². The van der Waals surface area contributed by atoms with E-state index in [0.717, 1.165) is 38.9 Å². The molecule has 3 heterocycles. The van der Waals surface area contributed by atoms with Crippen LogP contribution in [-0.4, -0.2) is 20.1 Å². The summed E-state index contributed by atoms with van der Waals surface area (Å²) in [5.74, 6) is 2.69. The third-order valence-corrected chi connectivity index (χ3v) is 4.83. The Morgan fingerprint density at radius 1 is 1.00 bits per heavy atom. The van der Waals surface area contributed by atoms with E-state index in [1.165, 1.54) is 0 Å². The van der Waals surface area contributed by atoms with E-state index in [-0.39, 0.29) is 0 Å². The number of pyridine rings is 1. The van der Waals surface area contributed by atoms with Crippen LogP contribution in [0.3, 0.4) is 0 Å². The SMILES string of the molecule is CCc1noc(-c2ncc3[nH]c4cccc(Oc5ccccc5)c4c3c2C)n1. The number of aromatic nitrogens is 4. The first-order valence-electron chi connectivity index (χ1n) is 9.20. The number of rotatable bonds is 4. The Balaban J connectivity index is 1.73. The van der Waals surface area contributed by atoms with Crippen LogP contribution in [0.1, 0.15) is 18.3 Å². The van der Waals surface area contributed by atoms with Crippen LogP contribution in [0.5, 0.6) is 11.5 Å². The minimum atomic E-state index is 0.437. The number of nitrogens with one attached hydrogen (secondary N) is 1. The normalized spacial score (nSPS) is 11.4. The number of fused-ring (bicyclic) bond motifs is 3. The van der Waals surface area contributed by atoms with Crippen molar-refractivity contribution in [3.05, 3.63) is 66.1 Å². The Labute approximate surface area is 161 Å². The molecular formula is C22H18N4O2. The van der Waals surface area contributed by atoms with Gasteiger partial charge in [0.25, 0.3) is 5.89 Å². The van der Waals surface area contributed by atoms with E-state index in [1.54, 1.807) is 6.20 Å². The number of benzene rings is 2. The Kier molecular flexibility index (Phi) is 3.83. The Bertz CT molecular complexity index is 1290. The summed E-state index contributed by atoms with van der Waals surface area (Å²) < 4.78 is 11.6. The first-order valence-corrected chi connectivity index (χ1v) is 9.20. The molecule has 6 nitrogen and oxygen atoms in total. The van der Waals surface area contributed by atoms with Crippen molar-refractivity contribution >= 4 is 21.8 Å². The summed E-state index contributed by atoms with van der Waals surface area (Å²) in [6.45, 7) is 4.01. The van der Waals surface area contributed by atoms with Gasteiger partial charge in [-0.15, -0.1) is 0 Å². The van der Waals surface area contributed by atoms with Gasteiger partial charge in [0.15, 0.2) is 5.82 Å². The van der Waals surface area contributed by atoms with Crippen LogP contribution < -0.4 is 4.74 Å². The molecule has 138 valence electrons. The first-order chi connectivity index (χ1) is 13.7. The Hall–Kier alpha value is -3.67. The zero-order chi connectivity index (χ0) is 19.1. The first kappa shape index (κ1) is 16.5. The van der Waals surface area contributed by atoms with Crippen molar-refractivity contribution in [2.45, 2.75) is 20.3 Å². The molecule has 0 atom stereocenters. The highest BCUT2D eigenvalue weighted by atomic mass is 16.5. The van der Waals surface area contributed by atoms with Crippen LogP contribution in [0.2, 0.25) is 0 Å². The van der Waals surface area contributed by atoms with Crippen molar-refractivity contribution in [2.75, 3.05) is 0 Å². The van der Waals surface area contributed by atoms with E-state index in [2.05, 4.69) is 20.1 Å². The van der Waals surface area contributed by atoms with Crippen LogP contribution in [0.15, 0.2) is 59.3 Å². The van der Waals surface area contributed by atoms with Gasteiger partial charge < -0.3 is 14.2 Å². The van der Waals surface area contributed by atoms with E-state index in [1.807, 2.05) is 62.4 Å². The number of ether oxygens (including phenoxy) is 1. The van der Waals surface area contributed by atoms with Gasteiger partial charge in [0.2, 0.25) is 0 Å². The second-order valence-corrected chi connectivity index (χ2v) is 6.61. The maximum absolute atomic E-state index is 6.19. The monoisotopic (exact) mass is 370 g/mol. The highest BCUT2D eigenvalue weighted by molar-refractivity contribution is 6.12. The molecule has 3 aromatic heterocycles. The lowest BCUT2D eigenvalue weighted by Crippen LogP contribution is -1.91. The predicted molar refractivity (Wildman–Crippen MR) is 108 cm³/mol. The fourth-order valence-electron chi connectivity index (χ4n) is 3.48. The lowest BCUT2D eigenvalue weighted by molar-refractivity contribution is 0.422. The van der Waals surface area contributed by atoms with Crippen LogP contribution in [0, 0.1) is 6.92 Å². The molecule has 28 heavy (non-hydrogen) atoms. The van der Waals surface area contributed by atoms with E-state index in [9.17, 15) is 0 Å². The van der Waals surface area contributed by atoms with Gasteiger partial charge in [-0.3, -0.25) is 0 Å². The molecule has 6 heteroatoms. The summed E-state index contributed by atoms with van der Waals surface area (Å²) >= 11 is 0. The lowest BCUT2D eigenvalue weighted by Gasteiger charge is -2.08. The van der Waals surface area contributed by atoms with Crippen LogP contribution in [0.25, 0.3) is 33.4 Å². The van der Waals surface area contributed by atoms with Gasteiger partial charge in [-0.25, -0.2) is 4.98 Å². The Morgan fingerprint density at radius 2 is 1.86 bits per heavy atom. The average molecular weight is 370 g/mol. The maximum Gasteiger partial charge on any atom is 0.276 e. The largest absolute Gasteiger partial charge is 0.457 e. The highest BCUT2D eigenvalue weighted by Crippen LogP contribution is 2.38. The predicted octanol–water partition coefficient (Wildman–Crippen LogP) is 5.43. The Morgan fingerprint density at radius 3 is 2.64 bits per heavy atom. The fourth-order valence-corrected chi connectivity index (χ4v) is 3.48. The van der Waals surface area contributed by atoms with E-state index >= 15 is 0 Å². The van der Waals surface area contributed by atoms with E-state index < -0.39 is 0 Å². The summed E-state index contributed by atoms with van der Waals surface area (Å²) in [4.78, 5) is 12.4. The molecule has 2 aromatic carbocycles. The third kappa shape index (κ3) is 2.62. The summed E-state index contributed by atoms with van der Waals surface area (Å²) in [6, 6.07) is 15.8. The number of hydrogen-bond donors (Lipinski definition) is 1. The molecule has 0 amide bonds. The third-order valence-electron chi connectivity index (χ3n) is 4.83. The number of nitrogens with zero attached hydrogens (tertiary/aromatic N) is 3. The summed E-state index contributed by atoms with van der Waals surface area (Å²) in [7, 11) is 0. The molecule has 0 bridgehead atoms. The standard InChI is InChI=1S/C22H18N4O2/c1-3-18-25-22(28-26-18)21-13(2)19-16(12-23-21)24-15-10-7-11-17(20(15)19)27-14-8-5-4-6-9-14/h4-12,24H,3H2,1-2H3. The second kappa shape index (κ2) is 6.49. The second-order valence-electron chi connectivity index (χ2n) is 6.61. The number of aryl methyl sites for hydroxylation is 2. The molecule has 5 aromatic rings. The molecule has 1 N–H and O–H groups in total. The average Bonchev–Trinajstić information content (AvgIpc) is 3.34. The van der Waals surface area contributed by atoms with Gasteiger partial charge in [-0.2, -0.15) is 4.98 Å². The molecule has 0 aliphatic rings. The van der Waals surface area contributed by atoms with Crippen LogP contribution >= 0.6 is 0 Å². The quantitative estimate of drug-likeness (QED) is 0.456. The van der Waals surface area contributed by atoms with Gasteiger partial charge in [-0.1, -0.05) is 36.3 Å². The van der Waals surface area contributed by atoms with Gasteiger partial charge in [0.1, 0.15) is 17.2 Å². The van der Waals surface area contributed by atoms with Crippen molar-refractivity contribution in [2.24, 2.45) is 0 Å². The van der Waals surface area contributed by atoms with Gasteiger partial charge in [0, 0.05) is 11.8 Å². The summed E-state index contributed by atoms with van der Waals surface area (Å²) in [5.41, 5.74) is 3.59. The number of aromatic amines is 1. The molecular weight excluding hydrogens is 352 g/mol. The molecule has 0 spiro atoms. The van der Waals surface area contributed by atoms with E-state index in [4.69, 9.17) is 9.26 Å². The fraction of sp³-hybridized carbons (Fsp3) is 0.136. The summed E-state index contributed by atoms with van der Waals surface area (Å²) in [6.07, 6.45) is 2.52. The zero-order valence-electron chi connectivity index (χ0n) is 15.6. The van der Waals surface area contributed by atoms with Crippen molar-refractivity contribution in [3.8, 4) is 23.1 Å². The minimum absolute atomic E-state index is 0.437. The molecule has 5 rings (SSSR count). The lowest BCUT2D eigenvalue weighted by atomic mass is 10.1. The minimum Gasteiger partial charge on any atom is -0.457 e. The van der Waals surface area contributed by atoms with Crippen LogP contribution in [0.4, 0.5) is 0 Å². The van der Waals surface area contributed by atoms with E-state index in [0.29, 0.717) is 23.8 Å². The highest BCUT2D eigenvalue weighted by Gasteiger charge is 2.19. The number of para-hydroxylation sites is 1. The molecule has 0 saturated heterocycles. The van der Waals surface area contributed by atoms with Crippen molar-refractivity contribution in [1.82, 2.24) is 20.1 Å². The molecule has 0 radical (unpaired) electrons. The zero-order valence-corrected chi connectivity index (χ0v) is 15.6. The van der Waals surface area contributed by atoms with Crippen molar-refractivity contribution in [1.29, 1.82) is 0 Å².